The fraction of sp³-hybridized carbons (Fsp3) is 0.600. The number of hydrogen-bond acceptors (Lipinski definition) is 15. The Morgan fingerprint density at radius 1 is 0.971 bits per heavy atom. The quantitative estimate of drug-likeness (QED) is 0.0429. The van der Waals surface area contributed by atoms with Gasteiger partial charge in [-0.1, -0.05) is 65.8 Å². The molecule has 6 heterocycles. The van der Waals surface area contributed by atoms with Gasteiger partial charge in [-0.2, -0.15) is 0 Å². The van der Waals surface area contributed by atoms with Crippen LogP contribution in [0.5, 0.6) is 5.75 Å². The highest BCUT2D eigenvalue weighted by Crippen LogP contribution is 2.67. The topological polar surface area (TPSA) is 218 Å². The van der Waals surface area contributed by atoms with Gasteiger partial charge < -0.3 is 44.7 Å². The van der Waals surface area contributed by atoms with Crippen molar-refractivity contribution in [1.29, 1.82) is 0 Å². The highest BCUT2D eigenvalue weighted by molar-refractivity contribution is 8.76. The standard InChI is InChI=1S/C50H67N7O10S2/c1-7-46(63)26-30-27-49(44(61)66-6,39-32(14-19-56(28-30)29-46)31-12-9-10-13-35(31)52-39)34-24-33-36(25-37(34)65-5)55(4)41-48(33)17-20-57-18-11-16-47(8-2,40(48)57)42(59)50(41,64)43(60)53-54-45(62)67-21-23-69-68-22-15-38(58)51-3/h9-13,16,24-25,30,40-42,52,59,63-64H,7-8,14-15,17-23,26-29H2,1-6H3,(H,51,58)(H,53,60)(H,54,62)/t30?,40-,41+,42+,46-,47+,48+,49-,50-/m0/s1. The molecule has 1 saturated carbocycles. The number of ether oxygens (including phenoxy) is 3. The number of fused-ring (bicyclic) bond motifs is 6. The summed E-state index contributed by atoms with van der Waals surface area (Å²) < 4.78 is 17.7. The number of methoxy groups -OCH3 is 2. The number of hydrazine groups is 1. The summed E-state index contributed by atoms with van der Waals surface area (Å²) >= 11 is 0. The summed E-state index contributed by atoms with van der Waals surface area (Å²) in [6.07, 6.45) is 4.56. The van der Waals surface area contributed by atoms with Crippen molar-refractivity contribution in [3.8, 4) is 5.75 Å². The van der Waals surface area contributed by atoms with Crippen LogP contribution in [0.25, 0.3) is 10.9 Å². The molecule has 2 bridgehead atoms. The highest BCUT2D eigenvalue weighted by Gasteiger charge is 2.79. The zero-order valence-corrected chi connectivity index (χ0v) is 42.0. The number of anilines is 1. The molecule has 9 rings (SSSR count). The van der Waals surface area contributed by atoms with E-state index < -0.39 is 63.6 Å². The normalized spacial score (nSPS) is 33.2. The van der Waals surface area contributed by atoms with E-state index >= 15 is 4.79 Å². The summed E-state index contributed by atoms with van der Waals surface area (Å²) in [6, 6.07) is 10.6. The SMILES string of the molecule is CC[C@]1(O)CC2CN(CCc3c([nH]c4ccccc34)[C@@](C(=O)OC)(c3cc4c(cc3OC)N(C)[C@H]3[C@@](O)(C(=O)NNC(=O)OCCSSCCC(=O)NC)[C@H](O)[C@]5(CC)C=CCN6CC[C@]43[C@@H]65)C2)C1. The van der Waals surface area contributed by atoms with Crippen LogP contribution in [-0.2, 0) is 41.1 Å². The number of aliphatic hydroxyl groups excluding tert-OH is 1. The smallest absolute Gasteiger partial charge is 0.426 e. The molecule has 6 aliphatic rings. The first kappa shape index (κ1) is 49.5. The number of piperidine rings is 1. The molecule has 17 nitrogen and oxygen atoms in total. The number of likely N-dealkylation sites (N-methyl/N-ethyl adjacent to an activating group) is 1. The number of aromatic nitrogens is 1. The molecule has 3 fully saturated rings. The maximum atomic E-state index is 15.4. The molecular formula is C50H67N7O10S2. The Morgan fingerprint density at radius 2 is 1.75 bits per heavy atom. The van der Waals surface area contributed by atoms with Gasteiger partial charge in [-0.3, -0.25) is 29.6 Å². The third-order valence-electron chi connectivity index (χ3n) is 16.7. The minimum atomic E-state index is -2.52. The van der Waals surface area contributed by atoms with E-state index in [0.29, 0.717) is 112 Å². The summed E-state index contributed by atoms with van der Waals surface area (Å²) in [5.74, 6) is -0.237. The summed E-state index contributed by atoms with van der Waals surface area (Å²) in [7, 11) is 9.31. The van der Waals surface area contributed by atoms with Crippen LogP contribution in [0.3, 0.4) is 0 Å². The summed E-state index contributed by atoms with van der Waals surface area (Å²) in [5.41, 5.74) is 2.28. The summed E-state index contributed by atoms with van der Waals surface area (Å²) in [6.45, 7) is 7.07. The molecule has 10 atom stereocenters. The predicted octanol–water partition coefficient (Wildman–Crippen LogP) is 3.52. The van der Waals surface area contributed by atoms with E-state index in [9.17, 15) is 29.7 Å². The van der Waals surface area contributed by atoms with Crippen molar-refractivity contribution >= 4 is 62.1 Å². The van der Waals surface area contributed by atoms with Crippen LogP contribution in [0.2, 0.25) is 0 Å². The number of H-pyrrole nitrogens is 1. The largest absolute Gasteiger partial charge is 0.496 e. The number of nitrogens with zero attached hydrogens (tertiary/aromatic N) is 3. The minimum absolute atomic E-state index is 0.0208. The van der Waals surface area contributed by atoms with E-state index in [2.05, 4.69) is 43.1 Å². The Balaban J connectivity index is 1.16. The molecule has 2 aromatic carbocycles. The second-order valence-corrected chi connectivity index (χ2v) is 22.6. The lowest BCUT2D eigenvalue weighted by Gasteiger charge is -2.63. The Morgan fingerprint density at radius 3 is 2.49 bits per heavy atom. The molecule has 3 amide bonds. The monoisotopic (exact) mass is 989 g/mol. The molecule has 2 unspecified atom stereocenters. The first-order valence-corrected chi connectivity index (χ1v) is 26.7. The van der Waals surface area contributed by atoms with Gasteiger partial charge in [-0.25, -0.2) is 10.2 Å². The van der Waals surface area contributed by atoms with Crippen LogP contribution in [0.4, 0.5) is 10.5 Å². The molecule has 5 aliphatic heterocycles. The van der Waals surface area contributed by atoms with Crippen LogP contribution >= 0.6 is 21.6 Å². The van der Waals surface area contributed by atoms with Gasteiger partial charge in [0.05, 0.1) is 25.9 Å². The van der Waals surface area contributed by atoms with E-state index in [0.717, 1.165) is 22.0 Å². The van der Waals surface area contributed by atoms with E-state index in [4.69, 9.17) is 14.2 Å². The lowest BCUT2D eigenvalue weighted by molar-refractivity contribution is -0.204. The highest BCUT2D eigenvalue weighted by atomic mass is 33.1. The first-order chi connectivity index (χ1) is 33.1. The molecule has 1 aromatic heterocycles. The lowest BCUT2D eigenvalue weighted by atomic mass is 9.47. The number of benzene rings is 2. The molecule has 1 spiro atoms. The molecule has 69 heavy (non-hydrogen) atoms. The van der Waals surface area contributed by atoms with Crippen LogP contribution in [0.1, 0.15) is 74.8 Å². The third-order valence-corrected chi connectivity index (χ3v) is 19.0. The Hall–Kier alpha value is -4.50. The number of para-hydroxylation sites is 1. The number of carbonyl (C=O) groups excluding carboxylic acids is 4. The second-order valence-electron chi connectivity index (χ2n) is 19.9. The van der Waals surface area contributed by atoms with Crippen LogP contribution in [-0.4, -0.2) is 163 Å². The lowest BCUT2D eigenvalue weighted by Crippen LogP contribution is -2.82. The van der Waals surface area contributed by atoms with Crippen LogP contribution in [0.15, 0.2) is 48.6 Å². The average molecular weight is 990 g/mol. The van der Waals surface area contributed by atoms with Crippen LogP contribution < -0.4 is 25.8 Å². The van der Waals surface area contributed by atoms with Gasteiger partial charge in [0.1, 0.15) is 23.9 Å². The Bertz CT molecular complexity index is 2530. The minimum Gasteiger partial charge on any atom is -0.496 e. The van der Waals surface area contributed by atoms with Crippen LogP contribution in [0, 0.1) is 11.3 Å². The number of carbonyl (C=O) groups is 4. The van der Waals surface area contributed by atoms with E-state index in [1.165, 1.54) is 28.7 Å². The maximum absolute atomic E-state index is 15.4. The molecule has 374 valence electrons. The van der Waals surface area contributed by atoms with Crippen molar-refractivity contribution in [3.63, 3.8) is 0 Å². The summed E-state index contributed by atoms with van der Waals surface area (Å²) in [4.78, 5) is 65.2. The Kier molecular flexibility index (Phi) is 13.6. The van der Waals surface area contributed by atoms with Gasteiger partial charge in [-0.05, 0) is 74.2 Å². The molecular weight excluding hydrogens is 923 g/mol. The molecule has 0 radical (unpaired) electrons. The fourth-order valence-electron chi connectivity index (χ4n) is 13.8. The van der Waals surface area contributed by atoms with Gasteiger partial charge in [0.2, 0.25) is 5.91 Å². The van der Waals surface area contributed by atoms with E-state index in [1.807, 2.05) is 62.2 Å². The number of esters is 1. The number of aliphatic hydroxyl groups is 3. The van der Waals surface area contributed by atoms with Gasteiger partial charge in [0.25, 0.3) is 5.91 Å². The maximum Gasteiger partial charge on any atom is 0.426 e. The van der Waals surface area contributed by atoms with Crippen molar-refractivity contribution in [3.05, 3.63) is 70.9 Å². The molecule has 3 aromatic rings. The molecule has 1 aliphatic carbocycles. The van der Waals surface area contributed by atoms with Crippen molar-refractivity contribution in [1.82, 2.24) is 31.0 Å². The van der Waals surface area contributed by atoms with Gasteiger partial charge in [-0.15, -0.1) is 0 Å². The first-order valence-electron chi connectivity index (χ1n) is 24.2. The van der Waals surface area contributed by atoms with Crippen molar-refractivity contribution < 1.29 is 48.7 Å². The fourth-order valence-corrected chi connectivity index (χ4v) is 15.6. The van der Waals surface area contributed by atoms with Crippen molar-refractivity contribution in [2.75, 3.05) is 84.1 Å². The summed E-state index contributed by atoms with van der Waals surface area (Å²) in [5, 5.41) is 41.9. The van der Waals surface area contributed by atoms with Gasteiger partial charge >= 0.3 is 12.1 Å². The molecule has 7 N–H and O–H groups in total. The zero-order chi connectivity index (χ0) is 49.1. The van der Waals surface area contributed by atoms with Gasteiger partial charge in [0, 0.05) is 109 Å². The second kappa shape index (κ2) is 18.9. The van der Waals surface area contributed by atoms with Gasteiger partial charge in [0.15, 0.2) is 5.60 Å². The van der Waals surface area contributed by atoms with E-state index in [-0.39, 0.29) is 18.4 Å². The van der Waals surface area contributed by atoms with E-state index in [1.54, 1.807) is 14.2 Å². The number of aromatic amines is 1. The molecule has 19 heteroatoms. The number of hydrogen-bond donors (Lipinski definition) is 7. The average Bonchev–Trinajstić information content (AvgIpc) is 4.02. The third kappa shape index (κ3) is 7.71. The number of rotatable bonds is 13. The Labute approximate surface area is 411 Å². The number of nitrogens with one attached hydrogen (secondary N) is 4. The zero-order valence-electron chi connectivity index (χ0n) is 40.4. The van der Waals surface area contributed by atoms with Crippen molar-refractivity contribution in [2.24, 2.45) is 11.3 Å². The molecule has 2 saturated heterocycles. The predicted molar refractivity (Wildman–Crippen MR) is 265 cm³/mol. The number of amides is 3. The van der Waals surface area contributed by atoms with Crippen molar-refractivity contribution in [2.45, 2.75) is 99.0 Å².